The molecule has 1 amide bonds. The molecule has 2 N–H and O–H groups in total. The van der Waals surface area contributed by atoms with Gasteiger partial charge in [-0.2, -0.15) is 0 Å². The third-order valence-electron chi connectivity index (χ3n) is 3.60. The Labute approximate surface area is 126 Å². The first-order valence-corrected chi connectivity index (χ1v) is 8.69. The van der Waals surface area contributed by atoms with Crippen molar-refractivity contribution in [2.24, 2.45) is 0 Å². The molecule has 5 nitrogen and oxygen atoms in total. The number of hydrogen-bond donors (Lipinski definition) is 2. The van der Waals surface area contributed by atoms with Gasteiger partial charge in [-0.1, -0.05) is 12.1 Å². The van der Waals surface area contributed by atoms with E-state index in [2.05, 4.69) is 5.32 Å². The number of amides is 1. The standard InChI is InChI=1S/C15H23NO4S/c1-14(2,15(3,4)18)16-13(17)12-8-6-11(7-9-12)10-21(5,19)20/h6-9,18H,10H2,1-5H3,(H,16,17). The van der Waals surface area contributed by atoms with Crippen LogP contribution in [0.25, 0.3) is 0 Å². The highest BCUT2D eigenvalue weighted by Gasteiger charge is 2.36. The van der Waals surface area contributed by atoms with Crippen LogP contribution in [0.15, 0.2) is 24.3 Å². The lowest BCUT2D eigenvalue weighted by atomic mass is 9.85. The molecule has 0 bridgehead atoms. The van der Waals surface area contributed by atoms with Gasteiger partial charge in [-0.15, -0.1) is 0 Å². The highest BCUT2D eigenvalue weighted by molar-refractivity contribution is 7.89. The number of carbonyl (C=O) groups excluding carboxylic acids is 1. The highest BCUT2D eigenvalue weighted by Crippen LogP contribution is 2.21. The molecule has 118 valence electrons. The second-order valence-electron chi connectivity index (χ2n) is 6.41. The minimum Gasteiger partial charge on any atom is -0.388 e. The van der Waals surface area contributed by atoms with Crippen LogP contribution in [0.5, 0.6) is 0 Å². The maximum Gasteiger partial charge on any atom is 0.251 e. The minimum absolute atomic E-state index is 0.0515. The van der Waals surface area contributed by atoms with Crippen molar-refractivity contribution in [3.05, 3.63) is 35.4 Å². The van der Waals surface area contributed by atoms with Crippen LogP contribution in [-0.2, 0) is 15.6 Å². The predicted octanol–water partition coefficient (Wildman–Crippen LogP) is 1.51. The van der Waals surface area contributed by atoms with Gasteiger partial charge in [0.25, 0.3) is 5.91 Å². The monoisotopic (exact) mass is 313 g/mol. The average Bonchev–Trinajstić information content (AvgIpc) is 2.25. The van der Waals surface area contributed by atoms with Gasteiger partial charge in [-0.3, -0.25) is 4.79 Å². The molecule has 0 saturated carbocycles. The zero-order chi connectivity index (χ0) is 16.5. The van der Waals surface area contributed by atoms with Gasteiger partial charge in [0.15, 0.2) is 9.84 Å². The van der Waals surface area contributed by atoms with E-state index in [9.17, 15) is 18.3 Å². The van der Waals surface area contributed by atoms with Crippen molar-refractivity contribution >= 4 is 15.7 Å². The Morgan fingerprint density at radius 1 is 1.14 bits per heavy atom. The molecule has 0 heterocycles. The van der Waals surface area contributed by atoms with Crippen molar-refractivity contribution in [2.45, 2.75) is 44.6 Å². The molecule has 0 spiro atoms. The van der Waals surface area contributed by atoms with Crippen LogP contribution in [0, 0.1) is 0 Å². The maximum atomic E-state index is 12.2. The van der Waals surface area contributed by atoms with Gasteiger partial charge in [-0.25, -0.2) is 8.42 Å². The van der Waals surface area contributed by atoms with Crippen LogP contribution in [0.2, 0.25) is 0 Å². The van der Waals surface area contributed by atoms with Crippen LogP contribution in [0.3, 0.4) is 0 Å². The Balaban J connectivity index is 2.86. The van der Waals surface area contributed by atoms with Gasteiger partial charge >= 0.3 is 0 Å². The van der Waals surface area contributed by atoms with Crippen LogP contribution in [0.1, 0.15) is 43.6 Å². The van der Waals surface area contributed by atoms with Gasteiger partial charge in [0, 0.05) is 11.8 Å². The number of nitrogens with one attached hydrogen (secondary N) is 1. The van der Waals surface area contributed by atoms with E-state index in [1.54, 1.807) is 52.0 Å². The molecule has 1 aromatic rings. The molecule has 0 aromatic heterocycles. The smallest absolute Gasteiger partial charge is 0.251 e. The predicted molar refractivity (Wildman–Crippen MR) is 82.8 cm³/mol. The summed E-state index contributed by atoms with van der Waals surface area (Å²) in [5.41, 5.74) is -0.811. The van der Waals surface area contributed by atoms with E-state index < -0.39 is 21.0 Å². The van der Waals surface area contributed by atoms with Crippen LogP contribution < -0.4 is 5.32 Å². The summed E-state index contributed by atoms with van der Waals surface area (Å²) in [5, 5.41) is 12.8. The van der Waals surface area contributed by atoms with Gasteiger partial charge in [-0.05, 0) is 45.4 Å². The lowest BCUT2D eigenvalue weighted by Gasteiger charge is -2.38. The number of carbonyl (C=O) groups is 1. The third-order valence-corrected chi connectivity index (χ3v) is 4.46. The summed E-state index contributed by atoms with van der Waals surface area (Å²) in [5.74, 6) is -0.364. The molecule has 0 fully saturated rings. The van der Waals surface area contributed by atoms with E-state index in [1.807, 2.05) is 0 Å². The molecule has 0 aliphatic rings. The zero-order valence-electron chi connectivity index (χ0n) is 13.1. The Hall–Kier alpha value is -1.40. The molecule has 1 aromatic carbocycles. The average molecular weight is 313 g/mol. The molecule has 0 radical (unpaired) electrons. The Morgan fingerprint density at radius 3 is 2.00 bits per heavy atom. The molecular weight excluding hydrogens is 290 g/mol. The van der Waals surface area contributed by atoms with Crippen molar-refractivity contribution in [1.29, 1.82) is 0 Å². The lowest BCUT2D eigenvalue weighted by molar-refractivity contribution is -0.00292. The van der Waals surface area contributed by atoms with Crippen LogP contribution >= 0.6 is 0 Å². The molecule has 0 atom stereocenters. The number of benzene rings is 1. The SMILES string of the molecule is CC(C)(O)C(C)(C)NC(=O)c1ccc(CS(C)(=O)=O)cc1. The molecule has 1 rings (SSSR count). The summed E-state index contributed by atoms with van der Waals surface area (Å²) >= 11 is 0. The van der Waals surface area contributed by atoms with Crippen molar-refractivity contribution in [3.8, 4) is 0 Å². The second-order valence-corrected chi connectivity index (χ2v) is 8.55. The van der Waals surface area contributed by atoms with E-state index in [4.69, 9.17) is 0 Å². The Bertz CT molecular complexity index is 610. The van der Waals surface area contributed by atoms with Crippen LogP contribution in [0.4, 0.5) is 0 Å². The quantitative estimate of drug-likeness (QED) is 0.863. The van der Waals surface area contributed by atoms with Gasteiger partial charge in [0.05, 0.1) is 16.9 Å². The van der Waals surface area contributed by atoms with Crippen molar-refractivity contribution in [3.63, 3.8) is 0 Å². The summed E-state index contributed by atoms with van der Waals surface area (Å²) in [7, 11) is -3.09. The van der Waals surface area contributed by atoms with E-state index in [-0.39, 0.29) is 11.7 Å². The van der Waals surface area contributed by atoms with Gasteiger partial charge < -0.3 is 10.4 Å². The largest absolute Gasteiger partial charge is 0.388 e. The van der Waals surface area contributed by atoms with Crippen molar-refractivity contribution in [1.82, 2.24) is 5.32 Å². The Morgan fingerprint density at radius 2 is 1.62 bits per heavy atom. The summed E-state index contributed by atoms with van der Waals surface area (Å²) in [6.45, 7) is 6.73. The van der Waals surface area contributed by atoms with Crippen LogP contribution in [-0.4, -0.2) is 36.8 Å². The number of aliphatic hydroxyl groups is 1. The first-order valence-electron chi connectivity index (χ1n) is 6.63. The lowest BCUT2D eigenvalue weighted by Crippen LogP contribution is -2.57. The summed E-state index contributed by atoms with van der Waals surface area (Å²) in [6.07, 6.45) is 1.17. The first-order chi connectivity index (χ1) is 9.32. The summed E-state index contributed by atoms with van der Waals surface area (Å²) < 4.78 is 22.4. The van der Waals surface area contributed by atoms with Crippen molar-refractivity contribution < 1.29 is 18.3 Å². The molecule has 0 unspecified atom stereocenters. The second kappa shape index (κ2) is 5.77. The molecular formula is C15H23NO4S. The van der Waals surface area contributed by atoms with Crippen molar-refractivity contribution in [2.75, 3.05) is 6.26 Å². The Kier molecular flexibility index (Phi) is 4.85. The molecule has 6 heteroatoms. The normalized spacial score (nSPS) is 13.0. The topological polar surface area (TPSA) is 83.5 Å². The number of rotatable bonds is 5. The van der Waals surface area contributed by atoms with E-state index in [0.717, 1.165) is 0 Å². The zero-order valence-corrected chi connectivity index (χ0v) is 13.9. The fourth-order valence-electron chi connectivity index (χ4n) is 1.56. The minimum atomic E-state index is -3.09. The fraction of sp³-hybridized carbons (Fsp3) is 0.533. The first kappa shape index (κ1) is 17.7. The van der Waals surface area contributed by atoms with E-state index in [1.165, 1.54) is 6.26 Å². The van der Waals surface area contributed by atoms with E-state index in [0.29, 0.717) is 11.1 Å². The molecule has 0 saturated heterocycles. The van der Waals surface area contributed by atoms with Gasteiger partial charge in [0.2, 0.25) is 0 Å². The summed E-state index contributed by atoms with van der Waals surface area (Å²) in [4.78, 5) is 12.2. The van der Waals surface area contributed by atoms with E-state index >= 15 is 0 Å². The molecule has 0 aliphatic carbocycles. The maximum absolute atomic E-state index is 12.2. The molecule has 21 heavy (non-hydrogen) atoms. The number of hydrogen-bond acceptors (Lipinski definition) is 4. The number of sulfone groups is 1. The highest BCUT2D eigenvalue weighted by atomic mass is 32.2. The van der Waals surface area contributed by atoms with Gasteiger partial charge in [0.1, 0.15) is 0 Å². The fourth-order valence-corrected chi connectivity index (χ4v) is 2.36. The third kappa shape index (κ3) is 5.13. The molecule has 0 aliphatic heterocycles. The summed E-state index contributed by atoms with van der Waals surface area (Å²) in [6, 6.07) is 6.40.